The molecule has 0 spiro atoms. The minimum Gasteiger partial charge on any atom is -0.508 e. The summed E-state index contributed by atoms with van der Waals surface area (Å²) in [6.07, 6.45) is 4.56. The van der Waals surface area contributed by atoms with Crippen LogP contribution >= 0.6 is 0 Å². The Morgan fingerprint density at radius 3 is 2.87 bits per heavy atom. The summed E-state index contributed by atoms with van der Waals surface area (Å²) >= 11 is 0. The molecule has 1 aliphatic carbocycles. The van der Waals surface area contributed by atoms with Gasteiger partial charge < -0.3 is 14.6 Å². The van der Waals surface area contributed by atoms with E-state index in [4.69, 9.17) is 15.0 Å². The standard InChI is InChI=1S/C23H31N3O4/c1-14-7-8-17-16(11-14)20-18(27)12-15(13-19(20)30-23(17,4)5)22(2,3)21(28)29-10-6-9-25-26-24/h7,12-13,16-17,27H,6,8-11H2,1-5H3/t16-,17-/m1/s1. The maximum absolute atomic E-state index is 12.7. The Bertz CT molecular complexity index is 913. The third kappa shape index (κ3) is 4.12. The normalized spacial score (nSPS) is 22.0. The first-order valence-electron chi connectivity index (χ1n) is 10.5. The van der Waals surface area contributed by atoms with Crippen molar-refractivity contribution in [3.8, 4) is 11.5 Å². The Kier molecular flexibility index (Phi) is 6.04. The molecular formula is C23H31N3O4. The predicted molar refractivity (Wildman–Crippen MR) is 115 cm³/mol. The fourth-order valence-corrected chi connectivity index (χ4v) is 4.57. The third-order valence-electron chi connectivity index (χ3n) is 6.44. The second-order valence-electron chi connectivity index (χ2n) is 9.38. The van der Waals surface area contributed by atoms with Gasteiger partial charge >= 0.3 is 5.97 Å². The quantitative estimate of drug-likeness (QED) is 0.165. The number of nitrogens with zero attached hydrogens (tertiary/aromatic N) is 3. The summed E-state index contributed by atoms with van der Waals surface area (Å²) in [5.74, 6) is 0.910. The van der Waals surface area contributed by atoms with Gasteiger partial charge in [-0.2, -0.15) is 0 Å². The first-order chi connectivity index (χ1) is 14.1. The van der Waals surface area contributed by atoms with Crippen LogP contribution < -0.4 is 4.74 Å². The van der Waals surface area contributed by atoms with E-state index >= 15 is 0 Å². The number of rotatable bonds is 6. The Labute approximate surface area is 177 Å². The summed E-state index contributed by atoms with van der Waals surface area (Å²) in [6, 6.07) is 3.55. The van der Waals surface area contributed by atoms with Gasteiger partial charge in [-0.1, -0.05) is 16.8 Å². The maximum Gasteiger partial charge on any atom is 0.315 e. The van der Waals surface area contributed by atoms with Gasteiger partial charge in [-0.05, 0) is 77.1 Å². The molecule has 162 valence electrons. The van der Waals surface area contributed by atoms with Gasteiger partial charge in [-0.3, -0.25) is 4.79 Å². The topological polar surface area (TPSA) is 105 Å². The van der Waals surface area contributed by atoms with Crippen LogP contribution in [0.15, 0.2) is 28.9 Å². The lowest BCUT2D eigenvalue weighted by Crippen LogP contribution is -2.45. The van der Waals surface area contributed by atoms with Crippen molar-refractivity contribution in [1.82, 2.24) is 0 Å². The van der Waals surface area contributed by atoms with Crippen molar-refractivity contribution in [3.63, 3.8) is 0 Å². The molecule has 0 bridgehead atoms. The number of phenols is 1. The van der Waals surface area contributed by atoms with E-state index in [2.05, 4.69) is 36.9 Å². The number of hydrogen-bond donors (Lipinski definition) is 1. The van der Waals surface area contributed by atoms with Crippen LogP contribution in [0.3, 0.4) is 0 Å². The number of azide groups is 1. The lowest BCUT2D eigenvalue weighted by atomic mass is 9.67. The summed E-state index contributed by atoms with van der Waals surface area (Å²) in [5, 5.41) is 14.4. The van der Waals surface area contributed by atoms with Crippen molar-refractivity contribution in [2.75, 3.05) is 13.2 Å². The van der Waals surface area contributed by atoms with Crippen molar-refractivity contribution in [2.24, 2.45) is 11.0 Å². The second kappa shape index (κ2) is 8.23. The summed E-state index contributed by atoms with van der Waals surface area (Å²) in [6.45, 7) is 10.3. The molecule has 0 radical (unpaired) electrons. The van der Waals surface area contributed by atoms with Crippen LogP contribution in [0.5, 0.6) is 11.5 Å². The monoisotopic (exact) mass is 413 g/mol. The number of fused-ring (bicyclic) bond motifs is 3. The fraction of sp³-hybridized carbons (Fsp3) is 0.609. The molecule has 3 rings (SSSR count). The molecule has 0 unspecified atom stereocenters. The third-order valence-corrected chi connectivity index (χ3v) is 6.44. The van der Waals surface area contributed by atoms with Crippen molar-refractivity contribution >= 4 is 5.97 Å². The first kappa shape index (κ1) is 22.0. The highest BCUT2D eigenvalue weighted by molar-refractivity contribution is 5.82. The molecule has 0 aromatic heterocycles. The highest BCUT2D eigenvalue weighted by atomic mass is 16.5. The minimum atomic E-state index is -0.961. The molecule has 1 aromatic rings. The second-order valence-corrected chi connectivity index (χ2v) is 9.38. The van der Waals surface area contributed by atoms with Crippen LogP contribution in [0, 0.1) is 5.92 Å². The zero-order valence-corrected chi connectivity index (χ0v) is 18.4. The molecule has 2 aliphatic rings. The number of benzene rings is 1. The summed E-state index contributed by atoms with van der Waals surface area (Å²) in [5.41, 5.74) is 9.80. The van der Waals surface area contributed by atoms with Gasteiger partial charge in [0.05, 0.1) is 12.0 Å². The summed E-state index contributed by atoms with van der Waals surface area (Å²) < 4.78 is 11.7. The molecule has 7 heteroatoms. The summed E-state index contributed by atoms with van der Waals surface area (Å²) in [7, 11) is 0. The number of carbonyl (C=O) groups is 1. The van der Waals surface area contributed by atoms with Crippen molar-refractivity contribution in [1.29, 1.82) is 0 Å². The van der Waals surface area contributed by atoms with Gasteiger partial charge in [0, 0.05) is 28.9 Å². The van der Waals surface area contributed by atoms with E-state index in [-0.39, 0.29) is 30.4 Å². The molecule has 1 aliphatic heterocycles. The van der Waals surface area contributed by atoms with Crippen LogP contribution in [0.4, 0.5) is 0 Å². The molecule has 7 nitrogen and oxygen atoms in total. The lowest BCUT2D eigenvalue weighted by molar-refractivity contribution is -0.149. The number of carbonyl (C=O) groups excluding carboxylic acids is 1. The van der Waals surface area contributed by atoms with Crippen molar-refractivity contribution < 1.29 is 19.4 Å². The van der Waals surface area contributed by atoms with E-state index in [1.807, 2.05) is 6.07 Å². The molecule has 0 saturated heterocycles. The SMILES string of the molecule is CC1=CC[C@@H]2[C@@H](C1)c1c(O)cc(C(C)(C)C(=O)OCCCN=[N+]=[N-])cc1OC2(C)C. The molecule has 30 heavy (non-hydrogen) atoms. The molecule has 1 heterocycles. The molecule has 1 N–H and O–H groups in total. The van der Waals surface area contributed by atoms with E-state index < -0.39 is 11.4 Å². The van der Waals surface area contributed by atoms with Gasteiger partial charge in [0.25, 0.3) is 0 Å². The van der Waals surface area contributed by atoms with Crippen LogP contribution in [-0.4, -0.2) is 29.8 Å². The van der Waals surface area contributed by atoms with E-state index in [9.17, 15) is 9.90 Å². The minimum absolute atomic E-state index is 0.173. The maximum atomic E-state index is 12.7. The number of ether oxygens (including phenoxy) is 2. The number of hydrogen-bond acceptors (Lipinski definition) is 5. The van der Waals surface area contributed by atoms with Gasteiger partial charge in [-0.25, -0.2) is 0 Å². The number of aromatic hydroxyl groups is 1. The predicted octanol–water partition coefficient (Wildman–Crippen LogP) is 5.52. The molecule has 1 aromatic carbocycles. The Morgan fingerprint density at radius 1 is 1.43 bits per heavy atom. The van der Waals surface area contributed by atoms with Gasteiger partial charge in [0.15, 0.2) is 0 Å². The largest absolute Gasteiger partial charge is 0.508 e. The smallest absolute Gasteiger partial charge is 0.315 e. The zero-order valence-electron chi connectivity index (χ0n) is 18.4. The Hall–Kier alpha value is -2.66. The average molecular weight is 414 g/mol. The van der Waals surface area contributed by atoms with Crippen LogP contribution in [0.2, 0.25) is 0 Å². The van der Waals surface area contributed by atoms with Gasteiger partial charge in [0.1, 0.15) is 17.1 Å². The molecule has 0 fully saturated rings. The van der Waals surface area contributed by atoms with Crippen molar-refractivity contribution in [3.05, 3.63) is 45.4 Å². The summed E-state index contributed by atoms with van der Waals surface area (Å²) in [4.78, 5) is 15.4. The van der Waals surface area contributed by atoms with Gasteiger partial charge in [0.2, 0.25) is 0 Å². The van der Waals surface area contributed by atoms with Crippen LogP contribution in [0.25, 0.3) is 10.4 Å². The van der Waals surface area contributed by atoms with E-state index in [1.54, 1.807) is 19.9 Å². The molecule has 0 amide bonds. The fourth-order valence-electron chi connectivity index (χ4n) is 4.57. The van der Waals surface area contributed by atoms with E-state index in [0.717, 1.165) is 18.4 Å². The Morgan fingerprint density at radius 2 is 2.17 bits per heavy atom. The zero-order chi connectivity index (χ0) is 22.1. The lowest BCUT2D eigenvalue weighted by Gasteiger charge is -2.47. The van der Waals surface area contributed by atoms with Gasteiger partial charge in [-0.15, -0.1) is 0 Å². The van der Waals surface area contributed by atoms with Crippen LogP contribution in [-0.2, 0) is 14.9 Å². The van der Waals surface area contributed by atoms with E-state index in [1.165, 1.54) is 5.57 Å². The highest BCUT2D eigenvalue weighted by Gasteiger charge is 2.46. The van der Waals surface area contributed by atoms with Crippen molar-refractivity contribution in [2.45, 2.75) is 70.8 Å². The number of allylic oxidation sites excluding steroid dienone is 2. The first-order valence-corrected chi connectivity index (χ1v) is 10.5. The van der Waals surface area contributed by atoms with Crippen LogP contribution in [0.1, 0.15) is 70.9 Å². The highest BCUT2D eigenvalue weighted by Crippen LogP contribution is 2.54. The number of esters is 1. The number of phenolic OH excluding ortho intramolecular Hbond substituents is 1. The molecule has 0 saturated carbocycles. The molecular weight excluding hydrogens is 382 g/mol. The average Bonchev–Trinajstić information content (AvgIpc) is 2.66. The molecule has 2 atom stereocenters. The Balaban J connectivity index is 1.89. The van der Waals surface area contributed by atoms with E-state index in [0.29, 0.717) is 23.7 Å².